The normalized spacial score (nSPS) is 12.4. The Morgan fingerprint density at radius 2 is 1.79 bits per heavy atom. The van der Waals surface area contributed by atoms with Crippen LogP contribution in [0.2, 0.25) is 0 Å². The first-order valence-electron chi connectivity index (χ1n) is 9.50. The molecule has 0 spiro atoms. The molecule has 4 N–H and O–H groups in total. The van der Waals surface area contributed by atoms with Gasteiger partial charge in [-0.1, -0.05) is 42.1 Å². The van der Waals surface area contributed by atoms with Crippen molar-refractivity contribution < 1.29 is 18.1 Å². The highest BCUT2D eigenvalue weighted by Crippen LogP contribution is 2.36. The van der Waals surface area contributed by atoms with Gasteiger partial charge in [-0.3, -0.25) is 14.9 Å². The van der Waals surface area contributed by atoms with Crippen LogP contribution in [0.15, 0.2) is 82.8 Å². The number of carbonyl (C=O) groups is 1. The molecule has 0 bridgehead atoms. The molecule has 0 aliphatic rings. The van der Waals surface area contributed by atoms with Crippen molar-refractivity contribution in [3.8, 4) is 0 Å². The molecule has 0 fully saturated rings. The monoisotopic (exact) mass is 483 g/mol. The molecule has 1 atom stereocenters. The number of non-ortho nitro benzene ring substituents is 1. The number of hydrogen-bond donors (Lipinski definition) is 3. The molecule has 3 aromatic carbocycles. The van der Waals surface area contributed by atoms with Crippen LogP contribution in [-0.4, -0.2) is 29.2 Å². The summed E-state index contributed by atoms with van der Waals surface area (Å²) in [4.78, 5) is 31.1. The molecule has 4 rings (SSSR count). The number of aromatic nitrogens is 2. The number of sulfonamides is 1. The summed E-state index contributed by atoms with van der Waals surface area (Å²) in [6.07, 6.45) is 0. The Balaban J connectivity index is 1.61. The number of rotatable bonds is 7. The lowest BCUT2D eigenvalue weighted by atomic mass is 10.1. The highest BCUT2D eigenvalue weighted by Gasteiger charge is 2.24. The van der Waals surface area contributed by atoms with Gasteiger partial charge >= 0.3 is 0 Å². The predicted octanol–water partition coefficient (Wildman–Crippen LogP) is 3.59. The number of nitrogens with one attached hydrogen (secondary N) is 2. The van der Waals surface area contributed by atoms with E-state index in [-0.39, 0.29) is 16.5 Å². The van der Waals surface area contributed by atoms with Crippen LogP contribution in [0.25, 0.3) is 11.0 Å². The summed E-state index contributed by atoms with van der Waals surface area (Å²) in [5.41, 5.74) is 2.07. The minimum atomic E-state index is -3.84. The Morgan fingerprint density at radius 1 is 1.09 bits per heavy atom. The fourth-order valence-corrected chi connectivity index (χ4v) is 4.61. The Bertz CT molecular complexity index is 1440. The fourth-order valence-electron chi connectivity index (χ4n) is 3.09. The van der Waals surface area contributed by atoms with E-state index in [4.69, 9.17) is 5.14 Å². The van der Waals surface area contributed by atoms with Crippen molar-refractivity contribution in [1.82, 2.24) is 9.97 Å². The number of nitro groups is 1. The predicted molar refractivity (Wildman–Crippen MR) is 124 cm³/mol. The van der Waals surface area contributed by atoms with Crippen molar-refractivity contribution in [3.05, 3.63) is 88.5 Å². The molecule has 1 heterocycles. The van der Waals surface area contributed by atoms with Crippen LogP contribution < -0.4 is 10.5 Å². The van der Waals surface area contributed by atoms with E-state index in [2.05, 4.69) is 15.3 Å². The van der Waals surface area contributed by atoms with E-state index in [0.29, 0.717) is 27.4 Å². The van der Waals surface area contributed by atoms with Crippen molar-refractivity contribution in [3.63, 3.8) is 0 Å². The summed E-state index contributed by atoms with van der Waals surface area (Å²) in [6.45, 7) is 0. The van der Waals surface area contributed by atoms with Crippen LogP contribution >= 0.6 is 11.8 Å². The number of nitro benzene ring substituents is 1. The van der Waals surface area contributed by atoms with E-state index in [1.165, 1.54) is 36.4 Å². The summed E-state index contributed by atoms with van der Waals surface area (Å²) < 4.78 is 22.9. The van der Waals surface area contributed by atoms with Gasteiger partial charge in [-0.05, 0) is 35.9 Å². The highest BCUT2D eigenvalue weighted by atomic mass is 32.2. The Hall–Kier alpha value is -3.74. The van der Waals surface area contributed by atoms with Crippen LogP contribution in [0.3, 0.4) is 0 Å². The van der Waals surface area contributed by atoms with Crippen molar-refractivity contribution >= 4 is 50.1 Å². The lowest BCUT2D eigenvalue weighted by Gasteiger charge is -2.16. The molecule has 0 unspecified atom stereocenters. The summed E-state index contributed by atoms with van der Waals surface area (Å²) in [5.74, 6) is -0.360. The number of thioether (sulfide) groups is 1. The number of primary sulfonamides is 1. The van der Waals surface area contributed by atoms with Crippen molar-refractivity contribution in [2.45, 2.75) is 15.3 Å². The van der Waals surface area contributed by atoms with Crippen molar-refractivity contribution in [2.24, 2.45) is 5.14 Å². The molecule has 33 heavy (non-hydrogen) atoms. The first kappa shape index (κ1) is 22.5. The highest BCUT2D eigenvalue weighted by molar-refractivity contribution is 8.00. The van der Waals surface area contributed by atoms with Gasteiger partial charge in [0.2, 0.25) is 15.9 Å². The lowest BCUT2D eigenvalue weighted by molar-refractivity contribution is -0.384. The maximum Gasteiger partial charge on any atom is 0.271 e. The topological polar surface area (TPSA) is 161 Å². The van der Waals surface area contributed by atoms with Gasteiger partial charge in [0.1, 0.15) is 5.25 Å². The van der Waals surface area contributed by atoms with E-state index < -0.39 is 20.2 Å². The second-order valence-corrected chi connectivity index (χ2v) is 9.62. The molecular formula is C21H17N5O5S2. The van der Waals surface area contributed by atoms with Gasteiger partial charge < -0.3 is 10.3 Å². The first-order chi connectivity index (χ1) is 15.7. The number of nitrogens with two attached hydrogens (primary N) is 1. The Morgan fingerprint density at radius 3 is 2.42 bits per heavy atom. The molecule has 0 saturated carbocycles. The zero-order valence-corrected chi connectivity index (χ0v) is 18.5. The molecule has 0 aliphatic carbocycles. The van der Waals surface area contributed by atoms with Crippen LogP contribution in [0, 0.1) is 10.1 Å². The SMILES string of the molecule is NS(=O)(=O)c1ccc(NC(=O)[C@H](Sc2nc3ccc([N+](=O)[O-])cc3[nH]2)c2ccccc2)cc1. The van der Waals surface area contributed by atoms with Gasteiger partial charge in [0, 0.05) is 17.8 Å². The van der Waals surface area contributed by atoms with Gasteiger partial charge in [0.05, 0.1) is 20.9 Å². The Labute approximate surface area is 192 Å². The van der Waals surface area contributed by atoms with E-state index in [0.717, 1.165) is 11.8 Å². The van der Waals surface area contributed by atoms with E-state index in [9.17, 15) is 23.3 Å². The number of benzene rings is 3. The first-order valence-corrected chi connectivity index (χ1v) is 11.9. The van der Waals surface area contributed by atoms with Gasteiger partial charge in [0.25, 0.3) is 5.69 Å². The summed E-state index contributed by atoms with van der Waals surface area (Å²) in [6, 6.07) is 18.8. The average Bonchev–Trinajstić information content (AvgIpc) is 3.19. The number of hydrogen-bond acceptors (Lipinski definition) is 7. The summed E-state index contributed by atoms with van der Waals surface area (Å²) in [7, 11) is -3.84. The van der Waals surface area contributed by atoms with E-state index >= 15 is 0 Å². The summed E-state index contributed by atoms with van der Waals surface area (Å²) in [5, 5.41) is 18.6. The van der Waals surface area contributed by atoms with Crippen molar-refractivity contribution in [1.29, 1.82) is 0 Å². The molecule has 0 saturated heterocycles. The third kappa shape index (κ3) is 5.19. The molecule has 168 valence electrons. The van der Waals surface area contributed by atoms with Gasteiger partial charge in [0.15, 0.2) is 5.16 Å². The smallest absolute Gasteiger partial charge is 0.271 e. The number of nitrogens with zero attached hydrogens (tertiary/aromatic N) is 2. The lowest BCUT2D eigenvalue weighted by Crippen LogP contribution is -2.19. The standard InChI is InChI=1S/C21H17N5O5S2/c22-33(30,31)16-9-6-14(7-10-16)23-20(27)19(13-4-2-1-3-5-13)32-21-24-17-11-8-15(26(28)29)12-18(17)25-21/h1-12,19H,(H,23,27)(H,24,25)(H2,22,30,31)/t19-/m1/s1. The number of anilines is 1. The molecule has 0 aliphatic heterocycles. The molecule has 0 radical (unpaired) electrons. The second-order valence-electron chi connectivity index (χ2n) is 6.97. The number of imidazole rings is 1. The minimum absolute atomic E-state index is 0.0640. The largest absolute Gasteiger partial charge is 0.333 e. The van der Waals surface area contributed by atoms with E-state index in [1.807, 2.05) is 6.07 Å². The fraction of sp³-hybridized carbons (Fsp3) is 0.0476. The number of fused-ring (bicyclic) bond motifs is 1. The maximum atomic E-state index is 13.2. The van der Waals surface area contributed by atoms with Gasteiger partial charge in [-0.25, -0.2) is 18.5 Å². The number of aromatic amines is 1. The van der Waals surface area contributed by atoms with Gasteiger partial charge in [-0.2, -0.15) is 0 Å². The maximum absolute atomic E-state index is 13.2. The second kappa shape index (κ2) is 9.02. The third-order valence-electron chi connectivity index (χ3n) is 4.67. The zero-order chi connectivity index (χ0) is 23.6. The van der Waals surface area contributed by atoms with Crippen LogP contribution in [0.4, 0.5) is 11.4 Å². The number of H-pyrrole nitrogens is 1. The summed E-state index contributed by atoms with van der Waals surface area (Å²) >= 11 is 1.15. The average molecular weight is 484 g/mol. The van der Waals surface area contributed by atoms with Crippen LogP contribution in [0.1, 0.15) is 10.8 Å². The number of amides is 1. The minimum Gasteiger partial charge on any atom is -0.333 e. The van der Waals surface area contributed by atoms with Crippen LogP contribution in [0.5, 0.6) is 0 Å². The van der Waals surface area contributed by atoms with Gasteiger partial charge in [-0.15, -0.1) is 0 Å². The quantitative estimate of drug-likeness (QED) is 0.205. The van der Waals surface area contributed by atoms with Crippen LogP contribution in [-0.2, 0) is 14.8 Å². The number of carbonyl (C=O) groups excluding carboxylic acids is 1. The molecular weight excluding hydrogens is 466 g/mol. The molecule has 10 nitrogen and oxygen atoms in total. The molecule has 1 aromatic heterocycles. The third-order valence-corrected chi connectivity index (χ3v) is 6.74. The molecule has 4 aromatic rings. The molecule has 1 amide bonds. The van der Waals surface area contributed by atoms with Crippen molar-refractivity contribution in [2.75, 3.05) is 5.32 Å². The van der Waals surface area contributed by atoms with E-state index in [1.54, 1.807) is 30.3 Å². The molecule has 12 heteroatoms. The zero-order valence-electron chi connectivity index (χ0n) is 16.8. The Kier molecular flexibility index (Phi) is 6.14.